The minimum Gasteiger partial charge on any atom is -0.442 e. The van der Waals surface area contributed by atoms with Crippen LogP contribution in [0.15, 0.2) is 6.20 Å². The first-order chi connectivity index (χ1) is 7.87. The number of carbonyl (C=O) groups excluding carboxylic acids is 2. The minimum atomic E-state index is -0.562. The highest BCUT2D eigenvalue weighted by Crippen LogP contribution is 2.20. The zero-order valence-corrected chi connectivity index (χ0v) is 10.3. The topological polar surface area (TPSA) is 61.2 Å². The van der Waals surface area contributed by atoms with Gasteiger partial charge in [-0.25, -0.2) is 4.79 Å². The number of aromatic nitrogens is 2. The van der Waals surface area contributed by atoms with Gasteiger partial charge in [0.2, 0.25) is 0 Å². The molecule has 1 aliphatic carbocycles. The molecule has 92 valence electrons. The van der Waals surface area contributed by atoms with Crippen molar-refractivity contribution in [3.8, 4) is 0 Å². The molecule has 0 bridgehead atoms. The van der Waals surface area contributed by atoms with E-state index in [-0.39, 0.29) is 5.78 Å². The van der Waals surface area contributed by atoms with Gasteiger partial charge in [-0.05, 0) is 33.6 Å². The van der Waals surface area contributed by atoms with E-state index < -0.39 is 11.7 Å². The third-order valence-electron chi connectivity index (χ3n) is 2.49. The molecule has 0 N–H and O–H groups in total. The summed E-state index contributed by atoms with van der Waals surface area (Å²) in [7, 11) is 0. The van der Waals surface area contributed by atoms with Gasteiger partial charge in [-0.1, -0.05) is 0 Å². The Balaban J connectivity index is 2.23. The second-order valence-corrected chi connectivity index (χ2v) is 5.19. The normalized spacial score (nSPS) is 15.6. The molecule has 0 unspecified atom stereocenters. The summed E-state index contributed by atoms with van der Waals surface area (Å²) >= 11 is 0. The van der Waals surface area contributed by atoms with E-state index in [0.29, 0.717) is 17.7 Å². The Labute approximate surface area is 99.8 Å². The third-order valence-corrected chi connectivity index (χ3v) is 2.49. The number of fused-ring (bicyclic) bond motifs is 1. The van der Waals surface area contributed by atoms with Crippen LogP contribution in [0.2, 0.25) is 0 Å². The Hall–Kier alpha value is -1.65. The molecule has 1 aromatic rings. The van der Waals surface area contributed by atoms with Gasteiger partial charge in [0.15, 0.2) is 5.78 Å². The smallest absolute Gasteiger partial charge is 0.435 e. The number of ketones is 1. The predicted molar refractivity (Wildman–Crippen MR) is 61.1 cm³/mol. The molecule has 0 fully saturated rings. The summed E-state index contributed by atoms with van der Waals surface area (Å²) in [6.45, 7) is 5.37. The number of rotatable bonds is 0. The maximum atomic E-state index is 11.8. The van der Waals surface area contributed by atoms with Gasteiger partial charge < -0.3 is 4.74 Å². The van der Waals surface area contributed by atoms with Crippen LogP contribution in [0.25, 0.3) is 0 Å². The average molecular weight is 236 g/mol. The number of ether oxygens (including phenoxy) is 1. The lowest BCUT2D eigenvalue weighted by atomic mass is 9.97. The first-order valence-corrected chi connectivity index (χ1v) is 5.72. The van der Waals surface area contributed by atoms with Crippen LogP contribution in [0, 0.1) is 0 Å². The number of hydrogen-bond donors (Lipinski definition) is 0. The summed E-state index contributed by atoms with van der Waals surface area (Å²) in [6.07, 6.45) is 3.02. The number of nitrogens with zero attached hydrogens (tertiary/aromatic N) is 2. The van der Waals surface area contributed by atoms with Crippen LogP contribution in [-0.4, -0.2) is 27.3 Å². The Bertz CT molecular complexity index is 469. The first-order valence-electron chi connectivity index (χ1n) is 5.72. The monoisotopic (exact) mass is 236 g/mol. The van der Waals surface area contributed by atoms with E-state index in [2.05, 4.69) is 5.10 Å². The van der Waals surface area contributed by atoms with Gasteiger partial charge in [0.05, 0.1) is 11.3 Å². The molecule has 1 aromatic heterocycles. The number of hydrogen-bond acceptors (Lipinski definition) is 4. The molecule has 0 atom stereocenters. The highest BCUT2D eigenvalue weighted by atomic mass is 16.6. The van der Waals surface area contributed by atoms with E-state index in [4.69, 9.17) is 4.74 Å². The van der Waals surface area contributed by atoms with E-state index in [1.807, 2.05) is 0 Å². The van der Waals surface area contributed by atoms with Gasteiger partial charge in [0.1, 0.15) is 5.60 Å². The quantitative estimate of drug-likeness (QED) is 0.692. The van der Waals surface area contributed by atoms with Crippen molar-refractivity contribution in [2.45, 2.75) is 45.6 Å². The van der Waals surface area contributed by atoms with Crippen LogP contribution in [0.4, 0.5) is 4.79 Å². The molecule has 1 heterocycles. The Morgan fingerprint density at radius 3 is 2.71 bits per heavy atom. The van der Waals surface area contributed by atoms with Crippen LogP contribution in [-0.2, 0) is 11.2 Å². The summed E-state index contributed by atoms with van der Waals surface area (Å²) in [5, 5.41) is 4.11. The molecule has 0 amide bonds. The zero-order chi connectivity index (χ0) is 12.6. The minimum absolute atomic E-state index is 0.0565. The number of carbonyl (C=O) groups is 2. The fraction of sp³-hybridized carbons (Fsp3) is 0.583. The largest absolute Gasteiger partial charge is 0.442 e. The van der Waals surface area contributed by atoms with E-state index in [0.717, 1.165) is 17.5 Å². The summed E-state index contributed by atoms with van der Waals surface area (Å²) in [6, 6.07) is 0. The molecular formula is C12H16N2O3. The van der Waals surface area contributed by atoms with E-state index in [1.54, 1.807) is 20.8 Å². The molecule has 0 aliphatic heterocycles. The maximum Gasteiger partial charge on any atom is 0.435 e. The molecule has 0 saturated carbocycles. The van der Waals surface area contributed by atoms with Crippen molar-refractivity contribution in [1.82, 2.24) is 9.78 Å². The maximum absolute atomic E-state index is 11.8. The fourth-order valence-electron chi connectivity index (χ4n) is 1.78. The molecule has 1 aliphatic rings. The lowest BCUT2D eigenvalue weighted by molar-refractivity contribution is 0.0514. The van der Waals surface area contributed by atoms with Crippen molar-refractivity contribution in [3.63, 3.8) is 0 Å². The van der Waals surface area contributed by atoms with Crippen molar-refractivity contribution in [2.24, 2.45) is 0 Å². The van der Waals surface area contributed by atoms with Gasteiger partial charge in [-0.3, -0.25) is 4.79 Å². The van der Waals surface area contributed by atoms with Gasteiger partial charge >= 0.3 is 6.09 Å². The van der Waals surface area contributed by atoms with Crippen LogP contribution < -0.4 is 0 Å². The van der Waals surface area contributed by atoms with E-state index >= 15 is 0 Å². The molecule has 0 saturated heterocycles. The molecule has 0 spiro atoms. The average Bonchev–Trinajstić information content (AvgIpc) is 2.60. The van der Waals surface area contributed by atoms with Crippen molar-refractivity contribution in [2.75, 3.05) is 0 Å². The first kappa shape index (κ1) is 11.8. The number of Topliss-reactive ketones (excluding diaryl/α,β-unsaturated/α-hetero) is 1. The lowest BCUT2D eigenvalue weighted by Gasteiger charge is -2.18. The highest BCUT2D eigenvalue weighted by molar-refractivity contribution is 5.98. The van der Waals surface area contributed by atoms with Crippen molar-refractivity contribution in [3.05, 3.63) is 17.5 Å². The summed E-state index contributed by atoms with van der Waals surface area (Å²) in [4.78, 5) is 23.4. The van der Waals surface area contributed by atoms with Crippen molar-refractivity contribution in [1.29, 1.82) is 0 Å². The predicted octanol–water partition coefficient (Wildman–Crippen LogP) is 2.19. The van der Waals surface area contributed by atoms with E-state index in [9.17, 15) is 9.59 Å². The molecule has 17 heavy (non-hydrogen) atoms. The van der Waals surface area contributed by atoms with Crippen molar-refractivity contribution < 1.29 is 14.3 Å². The van der Waals surface area contributed by atoms with E-state index in [1.165, 1.54) is 6.20 Å². The summed E-state index contributed by atoms with van der Waals surface area (Å²) < 4.78 is 6.31. The molecule has 0 radical (unpaired) electrons. The molecular weight excluding hydrogens is 220 g/mol. The molecule has 5 nitrogen and oxygen atoms in total. The van der Waals surface area contributed by atoms with Gasteiger partial charge in [0.25, 0.3) is 0 Å². The molecule has 0 aromatic carbocycles. The second-order valence-electron chi connectivity index (χ2n) is 5.19. The third kappa shape index (κ3) is 2.54. The fourth-order valence-corrected chi connectivity index (χ4v) is 1.78. The standard InChI is InChI=1S/C12H16N2O3/c1-12(2,3)17-11(16)14-7-8-9(13-14)5-4-6-10(8)15/h7H,4-6H2,1-3H3. The Kier molecular flexibility index (Phi) is 2.77. The Morgan fingerprint density at radius 1 is 1.41 bits per heavy atom. The lowest BCUT2D eigenvalue weighted by Crippen LogP contribution is -2.27. The van der Waals surface area contributed by atoms with Crippen LogP contribution in [0.3, 0.4) is 0 Å². The SMILES string of the molecule is CC(C)(C)OC(=O)n1cc2c(n1)CCCC2=O. The summed E-state index contributed by atoms with van der Waals surface area (Å²) in [5.74, 6) is 0.0565. The molecule has 2 rings (SSSR count). The molecule has 5 heteroatoms. The Morgan fingerprint density at radius 2 is 2.12 bits per heavy atom. The van der Waals surface area contributed by atoms with Gasteiger partial charge in [0, 0.05) is 12.6 Å². The van der Waals surface area contributed by atoms with Gasteiger partial charge in [-0.2, -0.15) is 9.78 Å². The second kappa shape index (κ2) is 3.98. The van der Waals surface area contributed by atoms with Crippen LogP contribution in [0.1, 0.15) is 49.7 Å². The van der Waals surface area contributed by atoms with Crippen LogP contribution >= 0.6 is 0 Å². The van der Waals surface area contributed by atoms with Gasteiger partial charge in [-0.15, -0.1) is 0 Å². The zero-order valence-electron chi connectivity index (χ0n) is 10.3. The van der Waals surface area contributed by atoms with Crippen LogP contribution in [0.5, 0.6) is 0 Å². The number of aryl methyl sites for hydroxylation is 1. The van der Waals surface area contributed by atoms with Crippen molar-refractivity contribution >= 4 is 11.9 Å². The highest BCUT2D eigenvalue weighted by Gasteiger charge is 2.24. The summed E-state index contributed by atoms with van der Waals surface area (Å²) in [5.41, 5.74) is 0.697.